The minimum atomic E-state index is -0.268. The van der Waals surface area contributed by atoms with Crippen molar-refractivity contribution in [3.05, 3.63) is 35.5 Å². The zero-order chi connectivity index (χ0) is 20.0. The van der Waals surface area contributed by atoms with Crippen molar-refractivity contribution >= 4 is 29.2 Å². The topological polar surface area (TPSA) is 86.9 Å². The minimum Gasteiger partial charge on any atom is -0.347 e. The van der Waals surface area contributed by atoms with Gasteiger partial charge in [-0.2, -0.15) is 5.10 Å². The summed E-state index contributed by atoms with van der Waals surface area (Å²) in [5, 5.41) is 13.2. The lowest BCUT2D eigenvalue weighted by atomic mass is 9.49. The molecule has 3 N–H and O–H groups in total. The first kappa shape index (κ1) is 18.7. The largest absolute Gasteiger partial charge is 0.347 e. The predicted molar refractivity (Wildman–Crippen MR) is 111 cm³/mol. The zero-order valence-electron chi connectivity index (χ0n) is 16.2. The Morgan fingerprint density at radius 1 is 1.14 bits per heavy atom. The summed E-state index contributed by atoms with van der Waals surface area (Å²) in [4.78, 5) is 25.5. The van der Waals surface area contributed by atoms with Gasteiger partial charge in [0.05, 0.1) is 12.7 Å². The summed E-state index contributed by atoms with van der Waals surface area (Å²) < 4.78 is 0. The summed E-state index contributed by atoms with van der Waals surface area (Å²) in [6.07, 6.45) is 8.50. The van der Waals surface area contributed by atoms with Gasteiger partial charge in [-0.3, -0.25) is 14.7 Å². The molecule has 4 bridgehead atoms. The Balaban J connectivity index is 1.22. The maximum absolute atomic E-state index is 13.0. The average Bonchev–Trinajstić information content (AvgIpc) is 3.13. The number of nitrogens with zero attached hydrogens (tertiary/aromatic N) is 1. The van der Waals surface area contributed by atoms with Crippen molar-refractivity contribution in [1.82, 2.24) is 15.5 Å². The highest BCUT2D eigenvalue weighted by atomic mass is 35.5. The number of aromatic nitrogens is 2. The highest BCUT2D eigenvalue weighted by Crippen LogP contribution is 2.60. The third kappa shape index (κ3) is 3.54. The summed E-state index contributed by atoms with van der Waals surface area (Å²) in [6.45, 7) is -0.0331. The van der Waals surface area contributed by atoms with E-state index < -0.39 is 0 Å². The van der Waals surface area contributed by atoms with E-state index in [0.29, 0.717) is 28.6 Å². The van der Waals surface area contributed by atoms with E-state index >= 15 is 0 Å². The van der Waals surface area contributed by atoms with Crippen LogP contribution in [0.25, 0.3) is 11.1 Å². The summed E-state index contributed by atoms with van der Waals surface area (Å²) in [5.74, 6) is 2.39. The molecule has 4 aliphatic rings. The lowest BCUT2D eigenvalue weighted by molar-refractivity contribution is -0.146. The van der Waals surface area contributed by atoms with Crippen LogP contribution in [0.2, 0.25) is 5.02 Å². The predicted octanol–water partition coefficient (Wildman–Crippen LogP) is 4.00. The van der Waals surface area contributed by atoms with Gasteiger partial charge in [0.1, 0.15) is 5.82 Å². The molecular formula is C22H25ClN4O2. The first-order valence-corrected chi connectivity index (χ1v) is 10.8. The van der Waals surface area contributed by atoms with Crippen molar-refractivity contribution < 1.29 is 9.59 Å². The van der Waals surface area contributed by atoms with Crippen LogP contribution in [-0.2, 0) is 9.59 Å². The Morgan fingerprint density at radius 3 is 2.48 bits per heavy atom. The van der Waals surface area contributed by atoms with Gasteiger partial charge in [0, 0.05) is 16.0 Å². The Hall–Kier alpha value is -2.34. The van der Waals surface area contributed by atoms with Gasteiger partial charge in [0.25, 0.3) is 0 Å². The molecule has 6 nitrogen and oxygen atoms in total. The summed E-state index contributed by atoms with van der Waals surface area (Å²) in [7, 11) is 0. The van der Waals surface area contributed by atoms with Crippen LogP contribution >= 0.6 is 11.6 Å². The first-order chi connectivity index (χ1) is 14.0. The molecule has 4 aliphatic carbocycles. The van der Waals surface area contributed by atoms with Crippen LogP contribution in [0.4, 0.5) is 5.82 Å². The third-order valence-corrected chi connectivity index (χ3v) is 7.20. The van der Waals surface area contributed by atoms with E-state index in [-0.39, 0.29) is 23.8 Å². The SMILES string of the molecule is O=C(CNC(=O)C12CC3CC(CC(C3)C1)C2)Nc1[nH]ncc1-c1cccc(Cl)c1. The van der Waals surface area contributed by atoms with Crippen molar-refractivity contribution in [3.8, 4) is 11.1 Å². The number of anilines is 1. The molecule has 0 aliphatic heterocycles. The van der Waals surface area contributed by atoms with Gasteiger partial charge in [-0.25, -0.2) is 0 Å². The normalized spacial score (nSPS) is 29.6. The molecule has 29 heavy (non-hydrogen) atoms. The van der Waals surface area contributed by atoms with Gasteiger partial charge in [0.2, 0.25) is 11.8 Å². The number of carbonyl (C=O) groups is 2. The van der Waals surface area contributed by atoms with Gasteiger partial charge < -0.3 is 10.6 Å². The quantitative estimate of drug-likeness (QED) is 0.693. The summed E-state index contributed by atoms with van der Waals surface area (Å²) in [6, 6.07) is 7.36. The monoisotopic (exact) mass is 412 g/mol. The molecule has 0 spiro atoms. The molecule has 2 amide bonds. The van der Waals surface area contributed by atoms with Crippen LogP contribution in [0, 0.1) is 23.2 Å². The smallest absolute Gasteiger partial charge is 0.244 e. The van der Waals surface area contributed by atoms with Crippen LogP contribution in [-0.4, -0.2) is 28.6 Å². The summed E-state index contributed by atoms with van der Waals surface area (Å²) >= 11 is 6.07. The fourth-order valence-electron chi connectivity index (χ4n) is 6.18. The molecule has 4 saturated carbocycles. The second-order valence-corrected chi connectivity index (χ2v) is 9.53. The number of aromatic amines is 1. The molecule has 152 valence electrons. The fraction of sp³-hybridized carbons (Fsp3) is 0.500. The van der Waals surface area contributed by atoms with E-state index in [2.05, 4.69) is 20.8 Å². The standard InChI is InChI=1S/C22H25ClN4O2/c23-17-3-1-2-16(7-17)18-11-25-27-20(18)26-19(28)12-24-21(29)22-8-13-4-14(9-22)6-15(5-13)10-22/h1-3,7,11,13-15H,4-6,8-10,12H2,(H,24,29)(H2,25,26,27,28). The number of rotatable bonds is 5. The molecular weight excluding hydrogens is 388 g/mol. The molecule has 0 atom stereocenters. The lowest BCUT2D eigenvalue weighted by Gasteiger charge is -2.55. The van der Waals surface area contributed by atoms with Crippen molar-refractivity contribution in [3.63, 3.8) is 0 Å². The second kappa shape index (κ2) is 7.17. The maximum Gasteiger partial charge on any atom is 0.244 e. The number of nitrogens with one attached hydrogen (secondary N) is 3. The van der Waals surface area contributed by atoms with Crippen LogP contribution in [0.15, 0.2) is 30.5 Å². The Morgan fingerprint density at radius 2 is 1.83 bits per heavy atom. The number of amides is 2. The third-order valence-electron chi connectivity index (χ3n) is 6.97. The van der Waals surface area contributed by atoms with Crippen molar-refractivity contribution in [2.24, 2.45) is 23.2 Å². The van der Waals surface area contributed by atoms with Crippen LogP contribution in [0.5, 0.6) is 0 Å². The molecule has 7 heteroatoms. The van der Waals surface area contributed by atoms with Crippen molar-refractivity contribution in [1.29, 1.82) is 0 Å². The molecule has 2 aromatic rings. The number of carbonyl (C=O) groups excluding carboxylic acids is 2. The highest BCUT2D eigenvalue weighted by Gasteiger charge is 2.54. The molecule has 0 radical (unpaired) electrons. The molecule has 4 fully saturated rings. The lowest BCUT2D eigenvalue weighted by Crippen LogP contribution is -2.54. The Labute approximate surface area is 174 Å². The number of hydrogen-bond acceptors (Lipinski definition) is 3. The Bertz CT molecular complexity index is 919. The number of benzene rings is 1. The van der Waals surface area contributed by atoms with Crippen molar-refractivity contribution in [2.75, 3.05) is 11.9 Å². The molecule has 1 aromatic carbocycles. The van der Waals surface area contributed by atoms with Gasteiger partial charge in [0.15, 0.2) is 0 Å². The fourth-order valence-corrected chi connectivity index (χ4v) is 6.37. The van der Waals surface area contributed by atoms with Crippen LogP contribution < -0.4 is 10.6 Å². The number of halogens is 1. The molecule has 1 heterocycles. The van der Waals surface area contributed by atoms with Crippen LogP contribution in [0.3, 0.4) is 0 Å². The van der Waals surface area contributed by atoms with E-state index in [9.17, 15) is 9.59 Å². The second-order valence-electron chi connectivity index (χ2n) is 9.10. The van der Waals surface area contributed by atoms with E-state index in [0.717, 1.165) is 30.4 Å². The van der Waals surface area contributed by atoms with Gasteiger partial charge in [-0.15, -0.1) is 0 Å². The molecule has 6 rings (SSSR count). The average molecular weight is 413 g/mol. The molecule has 0 unspecified atom stereocenters. The Kier molecular flexibility index (Phi) is 4.62. The molecule has 1 aromatic heterocycles. The highest BCUT2D eigenvalue weighted by molar-refractivity contribution is 6.30. The zero-order valence-corrected chi connectivity index (χ0v) is 17.0. The minimum absolute atomic E-state index is 0.0331. The first-order valence-electron chi connectivity index (χ1n) is 10.4. The van der Waals surface area contributed by atoms with E-state index in [1.54, 1.807) is 12.3 Å². The number of H-pyrrole nitrogens is 1. The molecule has 0 saturated heterocycles. The van der Waals surface area contributed by atoms with Gasteiger partial charge in [-0.05, 0) is 74.0 Å². The van der Waals surface area contributed by atoms with Crippen LogP contribution in [0.1, 0.15) is 38.5 Å². The van der Waals surface area contributed by atoms with Gasteiger partial charge >= 0.3 is 0 Å². The number of hydrogen-bond donors (Lipinski definition) is 3. The van der Waals surface area contributed by atoms with Crippen molar-refractivity contribution in [2.45, 2.75) is 38.5 Å². The van der Waals surface area contributed by atoms with E-state index in [1.165, 1.54) is 19.3 Å². The maximum atomic E-state index is 13.0. The van der Waals surface area contributed by atoms with Gasteiger partial charge in [-0.1, -0.05) is 23.7 Å². The van der Waals surface area contributed by atoms with E-state index in [1.807, 2.05) is 18.2 Å². The van der Waals surface area contributed by atoms with E-state index in [4.69, 9.17) is 11.6 Å². The summed E-state index contributed by atoms with van der Waals surface area (Å²) in [5.41, 5.74) is 1.38.